The fourth-order valence-electron chi connectivity index (χ4n) is 4.07. The van der Waals surface area contributed by atoms with E-state index in [1.807, 2.05) is 0 Å². The highest BCUT2D eigenvalue weighted by Gasteiger charge is 2.21. The Balaban J connectivity index is 0.000000547. The van der Waals surface area contributed by atoms with Crippen LogP contribution in [-0.2, 0) is 21.2 Å². The number of amides is 5. The summed E-state index contributed by atoms with van der Waals surface area (Å²) in [5, 5.41) is 7.83. The number of benzene rings is 2. The summed E-state index contributed by atoms with van der Waals surface area (Å²) >= 11 is 6.97. The van der Waals surface area contributed by atoms with Crippen LogP contribution in [0.15, 0.2) is 47.4 Å². The molecule has 1 heterocycles. The minimum atomic E-state index is -3.97. The zero-order valence-corrected chi connectivity index (χ0v) is 24.2. The molecule has 2 aliphatic rings. The van der Waals surface area contributed by atoms with Gasteiger partial charge in [0.1, 0.15) is 5.75 Å². The van der Waals surface area contributed by atoms with Crippen LogP contribution in [0.5, 0.6) is 5.75 Å². The van der Waals surface area contributed by atoms with E-state index in [0.717, 1.165) is 49.4 Å². The second-order valence-corrected chi connectivity index (χ2v) is 12.1. The topological polar surface area (TPSA) is 160 Å². The van der Waals surface area contributed by atoms with Gasteiger partial charge in [-0.05, 0) is 55.2 Å². The van der Waals surface area contributed by atoms with Gasteiger partial charge >= 0.3 is 6.03 Å². The molecule has 4 rings (SSSR count). The number of carbonyl (C=O) groups is 4. The normalized spacial score (nSPS) is 15.3. The van der Waals surface area contributed by atoms with Crippen molar-refractivity contribution in [2.45, 2.75) is 49.5 Å². The van der Waals surface area contributed by atoms with Gasteiger partial charge < -0.3 is 15.4 Å². The van der Waals surface area contributed by atoms with Crippen LogP contribution < -0.4 is 25.4 Å². The molecule has 1 aliphatic heterocycles. The standard InChI is InChI=1S/C23H28ClN3O5S.C3H3NO2S/c1-32-21-12-9-17(24)15-20(21)22(28)25-14-13-16-7-10-19(11-8-16)33(30,31)27-23(29)26-18-5-3-2-4-6-18;5-2-1-7-3(6)4-2/h7-12,15,18H,2-6,13-14H2,1H3,(H,25,28)(H2,26,27,29);1H2,(H,4,5,6). The molecule has 0 spiro atoms. The second kappa shape index (κ2) is 14.9. The highest BCUT2D eigenvalue weighted by Crippen LogP contribution is 2.22. The predicted molar refractivity (Wildman–Crippen MR) is 152 cm³/mol. The molecule has 11 nitrogen and oxygen atoms in total. The van der Waals surface area contributed by atoms with E-state index in [2.05, 4.69) is 20.7 Å². The lowest BCUT2D eigenvalue weighted by molar-refractivity contribution is -0.117. The Morgan fingerprint density at radius 3 is 2.35 bits per heavy atom. The zero-order valence-electron chi connectivity index (χ0n) is 21.8. The molecular formula is C26H31ClN4O7S2. The minimum absolute atomic E-state index is 0.00209. The van der Waals surface area contributed by atoms with E-state index >= 15 is 0 Å². The predicted octanol–water partition coefficient (Wildman–Crippen LogP) is 3.61. The molecule has 40 heavy (non-hydrogen) atoms. The SMILES string of the molecule is COc1ccc(Cl)cc1C(=O)NCCc1ccc(S(=O)(=O)NC(=O)NC2CCCCC2)cc1.O=C1CSC(=O)N1. The van der Waals surface area contributed by atoms with Crippen LogP contribution in [-0.4, -0.2) is 57.0 Å². The van der Waals surface area contributed by atoms with Crippen molar-refractivity contribution in [3.05, 3.63) is 58.6 Å². The highest BCUT2D eigenvalue weighted by atomic mass is 35.5. The van der Waals surface area contributed by atoms with E-state index in [9.17, 15) is 27.6 Å². The number of imide groups is 1. The van der Waals surface area contributed by atoms with Crippen molar-refractivity contribution in [1.29, 1.82) is 0 Å². The van der Waals surface area contributed by atoms with Crippen LogP contribution in [0.1, 0.15) is 48.0 Å². The number of urea groups is 1. The molecule has 1 saturated heterocycles. The monoisotopic (exact) mass is 610 g/mol. The first-order valence-corrected chi connectivity index (χ1v) is 15.4. The number of sulfonamides is 1. The van der Waals surface area contributed by atoms with Gasteiger partial charge in [0.2, 0.25) is 5.91 Å². The maximum atomic E-state index is 12.5. The van der Waals surface area contributed by atoms with Gasteiger partial charge in [0, 0.05) is 17.6 Å². The number of methoxy groups -OCH3 is 1. The van der Waals surface area contributed by atoms with Crippen LogP contribution in [0.4, 0.5) is 9.59 Å². The van der Waals surface area contributed by atoms with Crippen LogP contribution in [0.2, 0.25) is 5.02 Å². The first-order valence-electron chi connectivity index (χ1n) is 12.6. The first kappa shape index (κ1) is 31.2. The smallest absolute Gasteiger partial charge is 0.328 e. The summed E-state index contributed by atoms with van der Waals surface area (Å²) in [4.78, 5) is 44.7. The molecule has 0 atom stereocenters. The molecule has 1 aliphatic carbocycles. The van der Waals surface area contributed by atoms with E-state index in [1.54, 1.807) is 24.3 Å². The van der Waals surface area contributed by atoms with E-state index in [4.69, 9.17) is 16.3 Å². The number of thioether (sulfide) groups is 1. The van der Waals surface area contributed by atoms with Crippen molar-refractivity contribution in [2.24, 2.45) is 0 Å². The fraction of sp³-hybridized carbons (Fsp3) is 0.385. The molecule has 0 radical (unpaired) electrons. The Hall–Kier alpha value is -3.29. The lowest BCUT2D eigenvalue weighted by Crippen LogP contribution is -2.45. The Bertz CT molecular complexity index is 1320. The number of nitrogens with one attached hydrogen (secondary N) is 4. The Morgan fingerprint density at radius 2 is 1.77 bits per heavy atom. The Morgan fingerprint density at radius 1 is 1.07 bits per heavy atom. The average Bonchev–Trinajstić information content (AvgIpc) is 3.31. The number of hydrogen-bond acceptors (Lipinski definition) is 8. The minimum Gasteiger partial charge on any atom is -0.496 e. The van der Waals surface area contributed by atoms with E-state index < -0.39 is 16.1 Å². The highest BCUT2D eigenvalue weighted by molar-refractivity contribution is 8.14. The third-order valence-electron chi connectivity index (χ3n) is 6.08. The molecule has 2 aromatic rings. The second-order valence-electron chi connectivity index (χ2n) is 9.03. The molecular weight excluding hydrogens is 580 g/mol. The lowest BCUT2D eigenvalue weighted by atomic mass is 9.96. The summed E-state index contributed by atoms with van der Waals surface area (Å²) in [5.74, 6) is 0.210. The van der Waals surface area contributed by atoms with Crippen molar-refractivity contribution in [3.8, 4) is 5.75 Å². The molecule has 14 heteroatoms. The van der Waals surface area contributed by atoms with Crippen LogP contribution >= 0.6 is 23.4 Å². The summed E-state index contributed by atoms with van der Waals surface area (Å²) < 4.78 is 32.2. The molecule has 216 valence electrons. The van der Waals surface area contributed by atoms with Crippen molar-refractivity contribution in [1.82, 2.24) is 20.7 Å². The first-order chi connectivity index (χ1) is 19.1. The van der Waals surface area contributed by atoms with Crippen LogP contribution in [0, 0.1) is 0 Å². The number of rotatable bonds is 8. The Kier molecular flexibility index (Phi) is 11.6. The summed E-state index contributed by atoms with van der Waals surface area (Å²) in [6.45, 7) is 0.336. The third-order valence-corrected chi connectivity index (χ3v) is 8.44. The molecule has 2 aromatic carbocycles. The lowest BCUT2D eigenvalue weighted by Gasteiger charge is -2.22. The summed E-state index contributed by atoms with van der Waals surface area (Å²) in [7, 11) is -2.49. The van der Waals surface area contributed by atoms with E-state index in [-0.39, 0.29) is 28.0 Å². The van der Waals surface area contributed by atoms with E-state index in [1.165, 1.54) is 25.3 Å². The molecule has 2 fully saturated rings. The quantitative estimate of drug-likeness (QED) is 0.353. The Labute approximate surface area is 242 Å². The number of ether oxygens (including phenoxy) is 1. The van der Waals surface area contributed by atoms with Gasteiger partial charge in [0.15, 0.2) is 0 Å². The molecule has 1 saturated carbocycles. The van der Waals surface area contributed by atoms with Gasteiger partial charge in [-0.3, -0.25) is 19.7 Å². The average molecular weight is 611 g/mol. The van der Waals surface area contributed by atoms with Crippen LogP contribution in [0.3, 0.4) is 0 Å². The van der Waals surface area contributed by atoms with Gasteiger partial charge in [-0.25, -0.2) is 17.9 Å². The van der Waals surface area contributed by atoms with Crippen LogP contribution in [0.25, 0.3) is 0 Å². The molecule has 4 N–H and O–H groups in total. The van der Waals surface area contributed by atoms with Crippen molar-refractivity contribution < 1.29 is 32.3 Å². The number of halogens is 1. The third kappa shape index (κ3) is 9.72. The maximum Gasteiger partial charge on any atom is 0.328 e. The molecule has 0 unspecified atom stereocenters. The van der Waals surface area contributed by atoms with Gasteiger partial charge in [0.25, 0.3) is 21.2 Å². The van der Waals surface area contributed by atoms with E-state index in [0.29, 0.717) is 35.1 Å². The summed E-state index contributed by atoms with van der Waals surface area (Å²) in [6.07, 6.45) is 5.43. The summed E-state index contributed by atoms with van der Waals surface area (Å²) in [6, 6.07) is 10.3. The van der Waals surface area contributed by atoms with Crippen molar-refractivity contribution in [3.63, 3.8) is 0 Å². The van der Waals surface area contributed by atoms with Gasteiger partial charge in [-0.15, -0.1) is 0 Å². The van der Waals surface area contributed by atoms with Gasteiger partial charge in [-0.1, -0.05) is 54.8 Å². The summed E-state index contributed by atoms with van der Waals surface area (Å²) in [5.41, 5.74) is 1.17. The fourth-order valence-corrected chi connectivity index (χ4v) is 5.68. The molecule has 5 amide bonds. The molecule has 0 bridgehead atoms. The molecule has 0 aromatic heterocycles. The zero-order chi connectivity index (χ0) is 29.1. The number of hydrogen-bond donors (Lipinski definition) is 4. The van der Waals surface area contributed by atoms with Gasteiger partial charge in [-0.2, -0.15) is 0 Å². The van der Waals surface area contributed by atoms with Crippen molar-refractivity contribution in [2.75, 3.05) is 19.4 Å². The van der Waals surface area contributed by atoms with Gasteiger partial charge in [0.05, 0.1) is 23.3 Å². The maximum absolute atomic E-state index is 12.5. The van der Waals surface area contributed by atoms with Crippen molar-refractivity contribution >= 4 is 56.5 Å². The largest absolute Gasteiger partial charge is 0.496 e. The number of carbonyl (C=O) groups excluding carboxylic acids is 4.